The van der Waals surface area contributed by atoms with Crippen LogP contribution in [0.25, 0.3) is 0 Å². The molecule has 145 heavy (non-hydrogen) atoms. The third kappa shape index (κ3) is 40.4. The first-order valence-electron chi connectivity index (χ1n) is 47.6. The van der Waals surface area contributed by atoms with E-state index < -0.39 is 93.7 Å². The molecule has 2 aliphatic rings. The molecular weight excluding hydrogens is 1870 g/mol. The summed E-state index contributed by atoms with van der Waals surface area (Å²) in [7, 11) is 1.20. The highest BCUT2D eigenvalue weighted by Crippen LogP contribution is 2.31. The van der Waals surface area contributed by atoms with Gasteiger partial charge in [0.2, 0.25) is 10.9 Å². The first-order chi connectivity index (χ1) is 68.4. The molecule has 0 radical (unpaired) electrons. The smallest absolute Gasteiger partial charge is 0.407 e. The van der Waals surface area contributed by atoms with Gasteiger partial charge < -0.3 is 90.6 Å². The van der Waals surface area contributed by atoms with Crippen molar-refractivity contribution in [3.05, 3.63) is 378 Å². The summed E-state index contributed by atoms with van der Waals surface area (Å²) < 4.78 is 40.9. The van der Waals surface area contributed by atoms with Gasteiger partial charge in [0.05, 0.1) is 59.7 Å². The van der Waals surface area contributed by atoms with Crippen LogP contribution in [0, 0.1) is 0 Å². The summed E-state index contributed by atoms with van der Waals surface area (Å²) in [4.78, 5) is 151. The quantitative estimate of drug-likeness (QED) is 0.00818. The van der Waals surface area contributed by atoms with Gasteiger partial charge in [0.25, 0.3) is 17.7 Å². The average Bonchev–Trinajstić information content (AvgIpc) is 1.74. The maximum atomic E-state index is 13.4. The molecule has 0 saturated heterocycles. The zero-order valence-corrected chi connectivity index (χ0v) is 85.8. The maximum Gasteiger partial charge on any atom is 0.407 e. The lowest BCUT2D eigenvalue weighted by Crippen LogP contribution is -2.48. The number of benzene rings is 9. The van der Waals surface area contributed by atoms with Gasteiger partial charge in [-0.15, -0.1) is 12.4 Å². The number of imide groups is 1. The lowest BCUT2D eigenvalue weighted by molar-refractivity contribution is 0.0467. The Balaban J connectivity index is 0.000000245. The van der Waals surface area contributed by atoms with E-state index in [-0.39, 0.29) is 115 Å². The number of Topliss-reactive ketones (excluding diaryl/α,β-unsaturated/α-hetero) is 2. The summed E-state index contributed by atoms with van der Waals surface area (Å²) in [6.45, 7) is 25.6. The van der Waals surface area contributed by atoms with Gasteiger partial charge in [0.1, 0.15) is 35.6 Å². The van der Waals surface area contributed by atoms with E-state index in [4.69, 9.17) is 44.6 Å². The maximum absolute atomic E-state index is 13.4. The van der Waals surface area contributed by atoms with Crippen LogP contribution in [0.3, 0.4) is 0 Å². The molecular formula is C113H137ClN10O21. The van der Waals surface area contributed by atoms with Gasteiger partial charge in [-0.1, -0.05) is 255 Å². The molecule has 9 aromatic carbocycles. The van der Waals surface area contributed by atoms with E-state index in [9.17, 15) is 67.7 Å². The number of methoxy groups -OCH3 is 1. The number of esters is 1. The Labute approximate surface area is 853 Å². The largest absolute Gasteiger partial charge is 0.483 e. The van der Waals surface area contributed by atoms with Gasteiger partial charge in [-0.05, 0) is 186 Å². The van der Waals surface area contributed by atoms with E-state index in [1.165, 1.54) is 42.8 Å². The van der Waals surface area contributed by atoms with Crippen LogP contribution >= 0.6 is 12.4 Å². The van der Waals surface area contributed by atoms with Gasteiger partial charge >= 0.3 is 30.3 Å². The predicted molar refractivity (Wildman–Crippen MR) is 560 cm³/mol. The van der Waals surface area contributed by atoms with E-state index in [0.717, 1.165) is 50.9 Å². The molecule has 32 heteroatoms. The number of aliphatic hydroxyl groups excluding tert-OH is 2. The second-order valence-electron chi connectivity index (χ2n) is 38.2. The average molecular weight is 2010 g/mol. The number of halogens is 1. The number of rotatable bonds is 32. The Morgan fingerprint density at radius 1 is 0.407 bits per heavy atom. The molecule has 7 amide bonds. The number of nitrogens with zero attached hydrogens (tertiary/aromatic N) is 3. The molecule has 4 heterocycles. The molecule has 772 valence electrons. The van der Waals surface area contributed by atoms with Crippen LogP contribution in [0.2, 0.25) is 0 Å². The molecule has 2 aliphatic heterocycles. The van der Waals surface area contributed by atoms with Gasteiger partial charge in [-0.3, -0.25) is 38.5 Å². The van der Waals surface area contributed by atoms with Crippen molar-refractivity contribution < 1.29 is 91.3 Å². The van der Waals surface area contributed by atoms with Crippen molar-refractivity contribution in [2.75, 3.05) is 46.4 Å². The Morgan fingerprint density at radius 3 is 1.10 bits per heavy atom. The predicted octanol–water partition coefficient (Wildman–Crippen LogP) is 16.5. The number of nitrogens with two attached hydrogens (primary N) is 2. The van der Waals surface area contributed by atoms with E-state index >= 15 is 0 Å². The Hall–Kier alpha value is -14.9. The topological polar surface area (TPSA) is 435 Å². The normalized spacial score (nSPS) is 13.3. The number of ether oxygens (including phenoxy) is 7. The number of carbonyl (C=O) groups excluding carboxylic acids is 10. The number of hydrogen-bond acceptors (Lipinski definition) is 23. The zero-order valence-electron chi connectivity index (χ0n) is 85.0. The SMILES string of the molecule is CC(=O)c1cn2c(c(OCc3ccccc3)c1=O)C(=O)NCC2Cc1ccccc1.CC(C)(C)OC(=O)NCC(Cc1ccccc1)N1C(=O)c2ccccc2C1=O.CC(C)(C)OC(=O)NCC(N)Cc1ccccc1.CC(C)(C)OC(=O)NCC(O)Cc1ccccc1.COC(=O)c1c(OCc2ccccc2)c(=O)c(C(C)=O)cn1C(CNC(=O)OC(C)(C)C)Cc1ccccc1.Cl.NCC(O)Cc1ccccc1. The van der Waals surface area contributed by atoms with Crippen molar-refractivity contribution in [2.45, 2.75) is 207 Å². The fourth-order valence-corrected chi connectivity index (χ4v) is 14.8. The first kappa shape index (κ1) is 117. The Bertz CT molecular complexity index is 6010. The van der Waals surface area contributed by atoms with Crippen molar-refractivity contribution in [2.24, 2.45) is 11.5 Å². The molecule has 6 atom stereocenters. The molecule has 0 spiro atoms. The fraction of sp³-hybridized carbons (Fsp3) is 0.345. The molecule has 0 bridgehead atoms. The molecule has 0 fully saturated rings. The highest BCUT2D eigenvalue weighted by molar-refractivity contribution is 6.21. The number of nitrogens with one attached hydrogen (secondary N) is 5. The van der Waals surface area contributed by atoms with Crippen molar-refractivity contribution in [1.29, 1.82) is 0 Å². The lowest BCUT2D eigenvalue weighted by Gasteiger charge is -2.30. The van der Waals surface area contributed by atoms with Gasteiger partial charge in [0.15, 0.2) is 34.5 Å². The summed E-state index contributed by atoms with van der Waals surface area (Å²) in [5.41, 5.74) is 16.2. The Kier molecular flexibility index (Phi) is 46.4. The molecule has 31 nitrogen and oxygen atoms in total. The monoisotopic (exact) mass is 2000 g/mol. The summed E-state index contributed by atoms with van der Waals surface area (Å²) in [5.74, 6) is -3.11. The van der Waals surface area contributed by atoms with E-state index in [2.05, 4.69) is 26.6 Å². The number of hydrogen-bond donors (Lipinski definition) is 9. The van der Waals surface area contributed by atoms with E-state index in [1.54, 1.807) is 91.1 Å². The molecule has 0 aliphatic carbocycles. The molecule has 13 rings (SSSR count). The summed E-state index contributed by atoms with van der Waals surface area (Å²) in [6.07, 6.45) is 2.98. The van der Waals surface area contributed by atoms with Gasteiger partial charge in [-0.2, -0.15) is 0 Å². The van der Waals surface area contributed by atoms with Crippen LogP contribution in [0.4, 0.5) is 19.2 Å². The minimum Gasteiger partial charge on any atom is -0.483 e. The highest BCUT2D eigenvalue weighted by atomic mass is 35.5. The number of aromatic nitrogens is 2. The fourth-order valence-electron chi connectivity index (χ4n) is 14.8. The van der Waals surface area contributed by atoms with Gasteiger partial charge in [0, 0.05) is 64.1 Å². The third-order valence-corrected chi connectivity index (χ3v) is 21.4. The summed E-state index contributed by atoms with van der Waals surface area (Å²) in [5, 5.41) is 32.5. The minimum absolute atomic E-state index is 0. The van der Waals surface area contributed by atoms with Crippen LogP contribution in [0.1, 0.15) is 216 Å². The molecule has 2 aromatic heterocycles. The van der Waals surface area contributed by atoms with Crippen molar-refractivity contribution in [3.8, 4) is 11.5 Å². The van der Waals surface area contributed by atoms with Crippen LogP contribution in [0.5, 0.6) is 11.5 Å². The minimum atomic E-state index is -0.819. The summed E-state index contributed by atoms with van der Waals surface area (Å²) >= 11 is 0. The second-order valence-corrected chi connectivity index (χ2v) is 38.2. The molecule has 0 saturated carbocycles. The number of aliphatic hydroxyl groups is 2. The van der Waals surface area contributed by atoms with E-state index in [0.29, 0.717) is 62.9 Å². The molecule has 11 N–H and O–H groups in total. The van der Waals surface area contributed by atoms with E-state index in [1.807, 2.05) is 263 Å². The second kappa shape index (κ2) is 57.4. The van der Waals surface area contributed by atoms with Crippen LogP contribution < -0.4 is 58.4 Å². The number of ketones is 2. The number of fused-ring (bicyclic) bond motifs is 2. The third-order valence-electron chi connectivity index (χ3n) is 21.4. The zero-order chi connectivity index (χ0) is 105. The van der Waals surface area contributed by atoms with Crippen molar-refractivity contribution >= 4 is 72.0 Å². The number of amides is 7. The standard InChI is InChI=1S/C30H34N2O7.C24H22N2O4.C22H24N2O4.C14H22N2O2.C14H21NO3.C9H13NO.ClH/c1-20(33)24-18-32(23(16-21-12-8-6-9-13-21)17-31-29(36)39-30(2,3)4)25(28(35)37-5)27(26(24)34)38-19-22-14-10-7-11-15-22;1-16(27)20-14-26-19(12-17-8-4-2-5-9-17)13-25-24(29)21(26)23(22(20)28)30-15-18-10-6-3-7-11-18;1-22(2,3)28-21(27)23-14-16(13-15-9-5-4-6-10-15)24-19(25)17-11-7-8-12-18(17)20(24)26;1-14(2,3)18-13(17)16-10-12(15)9-11-7-5-4-6-8-11;1-14(2,3)18-13(17)15-10-12(16)9-11-7-5-4-6-8-11;10-7-9(11)6-8-4-2-1-3-5-8;/h6-15,18,23H,16-17,19H2,1-5H3,(H,31,36);2-11,14,19H,12-13,15H2,1H3,(H,25,29);4-12,16H,13-14H2,1-3H3,(H,23,27);4-8,12H,9-10,15H2,1-3H3,(H,16,17);4-8,12,16H,9-10H2,1-3H3,(H,15,17);1-5,9,11H,6-7,10H2;1H. The molecule has 11 aromatic rings. The number of pyridine rings is 2. The van der Waals surface area contributed by atoms with Crippen LogP contribution in [0.15, 0.2) is 289 Å². The highest BCUT2D eigenvalue weighted by Gasteiger charge is 2.41. The Morgan fingerprint density at radius 2 is 0.724 bits per heavy atom. The summed E-state index contributed by atoms with van der Waals surface area (Å²) in [6, 6.07) is 82.2. The van der Waals surface area contributed by atoms with Crippen molar-refractivity contribution in [1.82, 2.24) is 40.6 Å². The van der Waals surface area contributed by atoms with Crippen LogP contribution in [-0.2, 0) is 75.4 Å². The van der Waals surface area contributed by atoms with Gasteiger partial charge in [-0.25, -0.2) is 24.0 Å². The first-order valence-corrected chi connectivity index (χ1v) is 47.6. The number of alkyl carbamates (subject to hydrolysis) is 4. The molecule has 6 unspecified atom stereocenters. The number of carbonyl (C=O) groups is 10. The van der Waals surface area contributed by atoms with Crippen molar-refractivity contribution in [3.63, 3.8) is 0 Å². The van der Waals surface area contributed by atoms with Crippen LogP contribution in [-0.4, -0.2) is 177 Å². The lowest BCUT2D eigenvalue weighted by atomic mass is 10.0.